The third kappa shape index (κ3) is 7.00. The van der Waals surface area contributed by atoms with E-state index < -0.39 is 23.7 Å². The molecule has 2 atom stereocenters. The highest BCUT2D eigenvalue weighted by molar-refractivity contribution is 5.81. The summed E-state index contributed by atoms with van der Waals surface area (Å²) in [4.78, 5) is 23.4. The van der Waals surface area contributed by atoms with Crippen molar-refractivity contribution in [3.8, 4) is 0 Å². The molecule has 0 aromatic heterocycles. The van der Waals surface area contributed by atoms with Crippen LogP contribution in [-0.2, 0) is 19.0 Å². The van der Waals surface area contributed by atoms with Crippen LogP contribution in [0.25, 0.3) is 0 Å². The largest absolute Gasteiger partial charge is 0.464 e. The molecular weight excluding hydrogens is 250 g/mol. The molecule has 1 N–H and O–H groups in total. The van der Waals surface area contributed by atoms with Gasteiger partial charge in [-0.1, -0.05) is 0 Å². The van der Waals surface area contributed by atoms with Gasteiger partial charge in [-0.25, -0.2) is 9.59 Å². The van der Waals surface area contributed by atoms with Gasteiger partial charge >= 0.3 is 12.1 Å². The first-order chi connectivity index (χ1) is 8.81. The summed E-state index contributed by atoms with van der Waals surface area (Å²) >= 11 is 0. The lowest BCUT2D eigenvalue weighted by Gasteiger charge is -2.22. The Morgan fingerprint density at radius 1 is 1.42 bits per heavy atom. The van der Waals surface area contributed by atoms with Crippen molar-refractivity contribution >= 4 is 12.1 Å². The van der Waals surface area contributed by atoms with Crippen molar-refractivity contribution in [2.24, 2.45) is 0 Å². The Balaban J connectivity index is 2.46. The van der Waals surface area contributed by atoms with E-state index in [1.807, 2.05) is 0 Å². The van der Waals surface area contributed by atoms with Gasteiger partial charge in [0.2, 0.25) is 0 Å². The maximum absolute atomic E-state index is 11.7. The van der Waals surface area contributed by atoms with Gasteiger partial charge in [0.15, 0.2) is 0 Å². The van der Waals surface area contributed by atoms with Crippen LogP contribution in [0, 0.1) is 0 Å². The SMILES string of the molecule is CCOC(=O)C(CCC1CO1)NC(=O)OC(C)(C)C. The molecule has 0 aliphatic carbocycles. The molecule has 19 heavy (non-hydrogen) atoms. The second kappa shape index (κ2) is 6.75. The zero-order valence-electron chi connectivity index (χ0n) is 12.0. The highest BCUT2D eigenvalue weighted by Gasteiger charge is 2.29. The minimum absolute atomic E-state index is 0.206. The maximum Gasteiger partial charge on any atom is 0.408 e. The van der Waals surface area contributed by atoms with E-state index in [0.29, 0.717) is 6.42 Å². The molecule has 1 aliphatic rings. The predicted octanol–water partition coefficient (Wildman–Crippen LogP) is 1.62. The molecule has 1 fully saturated rings. The lowest BCUT2D eigenvalue weighted by atomic mass is 10.1. The number of rotatable bonds is 6. The topological polar surface area (TPSA) is 77.2 Å². The average Bonchev–Trinajstić information content (AvgIpc) is 3.05. The van der Waals surface area contributed by atoms with E-state index in [1.165, 1.54) is 0 Å². The van der Waals surface area contributed by atoms with E-state index in [-0.39, 0.29) is 12.7 Å². The Kier molecular flexibility index (Phi) is 5.60. The number of hydrogen-bond donors (Lipinski definition) is 1. The number of alkyl carbamates (subject to hydrolysis) is 1. The predicted molar refractivity (Wildman–Crippen MR) is 68.8 cm³/mol. The standard InChI is InChI=1S/C13H23NO5/c1-5-17-11(15)10(7-6-9-8-18-9)14-12(16)19-13(2,3)4/h9-10H,5-8H2,1-4H3,(H,14,16). The molecule has 0 bridgehead atoms. The first-order valence-corrected chi connectivity index (χ1v) is 6.59. The molecule has 0 aromatic rings. The Morgan fingerprint density at radius 2 is 2.05 bits per heavy atom. The van der Waals surface area contributed by atoms with E-state index in [0.717, 1.165) is 13.0 Å². The lowest BCUT2D eigenvalue weighted by molar-refractivity contribution is -0.145. The molecule has 1 saturated heterocycles. The molecule has 6 nitrogen and oxygen atoms in total. The van der Waals surface area contributed by atoms with Crippen molar-refractivity contribution in [1.29, 1.82) is 0 Å². The third-order valence-corrected chi connectivity index (χ3v) is 2.44. The third-order valence-electron chi connectivity index (χ3n) is 2.44. The van der Waals surface area contributed by atoms with Gasteiger partial charge in [0.1, 0.15) is 11.6 Å². The molecule has 0 radical (unpaired) electrons. The molecule has 6 heteroatoms. The lowest BCUT2D eigenvalue weighted by Crippen LogP contribution is -2.44. The maximum atomic E-state index is 11.7. The first kappa shape index (κ1) is 15.8. The number of epoxide rings is 1. The molecule has 0 aromatic carbocycles. The average molecular weight is 273 g/mol. The van der Waals surface area contributed by atoms with Crippen molar-refractivity contribution in [2.45, 2.75) is 58.3 Å². The molecule has 1 aliphatic heterocycles. The monoisotopic (exact) mass is 273 g/mol. The van der Waals surface area contributed by atoms with E-state index in [9.17, 15) is 9.59 Å². The summed E-state index contributed by atoms with van der Waals surface area (Å²) in [6.07, 6.45) is 0.807. The summed E-state index contributed by atoms with van der Waals surface area (Å²) in [5, 5.41) is 2.55. The molecule has 1 rings (SSSR count). The molecule has 0 spiro atoms. The van der Waals surface area contributed by atoms with Crippen LogP contribution in [0.5, 0.6) is 0 Å². The van der Waals surface area contributed by atoms with Crippen LogP contribution >= 0.6 is 0 Å². The van der Waals surface area contributed by atoms with Gasteiger partial charge in [-0.3, -0.25) is 0 Å². The molecule has 1 amide bonds. The molecule has 2 unspecified atom stereocenters. The van der Waals surface area contributed by atoms with Crippen LogP contribution in [0.2, 0.25) is 0 Å². The van der Waals surface area contributed by atoms with Crippen LogP contribution in [0.3, 0.4) is 0 Å². The molecule has 1 heterocycles. The zero-order valence-corrected chi connectivity index (χ0v) is 12.0. The molecule has 0 saturated carbocycles. The Bertz CT molecular complexity index is 319. The van der Waals surface area contributed by atoms with Crippen LogP contribution in [0.4, 0.5) is 4.79 Å². The molecule has 110 valence electrons. The fourth-order valence-electron chi connectivity index (χ4n) is 1.53. The van der Waals surface area contributed by atoms with E-state index in [1.54, 1.807) is 27.7 Å². The van der Waals surface area contributed by atoms with Crippen LogP contribution < -0.4 is 5.32 Å². The first-order valence-electron chi connectivity index (χ1n) is 6.59. The second-order valence-electron chi connectivity index (χ2n) is 5.48. The fraction of sp³-hybridized carbons (Fsp3) is 0.846. The number of ether oxygens (including phenoxy) is 3. The summed E-state index contributed by atoms with van der Waals surface area (Å²) < 4.78 is 15.2. The Labute approximate surface area is 113 Å². The van der Waals surface area contributed by atoms with E-state index in [2.05, 4.69) is 5.32 Å². The zero-order chi connectivity index (χ0) is 14.5. The van der Waals surface area contributed by atoms with Crippen LogP contribution in [0.15, 0.2) is 0 Å². The smallest absolute Gasteiger partial charge is 0.408 e. The normalized spacial score (nSPS) is 19.5. The van der Waals surface area contributed by atoms with Gasteiger partial charge in [-0.2, -0.15) is 0 Å². The number of carbonyl (C=O) groups excluding carboxylic acids is 2. The molecular formula is C13H23NO5. The number of esters is 1. The number of nitrogens with one attached hydrogen (secondary N) is 1. The quantitative estimate of drug-likeness (QED) is 0.588. The summed E-state index contributed by atoms with van der Waals surface area (Å²) in [5.41, 5.74) is -0.594. The fourth-order valence-corrected chi connectivity index (χ4v) is 1.53. The minimum atomic E-state index is -0.681. The highest BCUT2D eigenvalue weighted by Crippen LogP contribution is 2.17. The van der Waals surface area contributed by atoms with Crippen LogP contribution in [-0.4, -0.2) is 43.0 Å². The van der Waals surface area contributed by atoms with Crippen molar-refractivity contribution in [3.63, 3.8) is 0 Å². The highest BCUT2D eigenvalue weighted by atomic mass is 16.6. The Morgan fingerprint density at radius 3 is 2.53 bits per heavy atom. The summed E-state index contributed by atoms with van der Waals surface area (Å²) in [5.74, 6) is -0.436. The van der Waals surface area contributed by atoms with Crippen molar-refractivity contribution < 1.29 is 23.8 Å². The van der Waals surface area contributed by atoms with Crippen molar-refractivity contribution in [1.82, 2.24) is 5.32 Å². The van der Waals surface area contributed by atoms with Crippen molar-refractivity contribution in [3.05, 3.63) is 0 Å². The van der Waals surface area contributed by atoms with Crippen LogP contribution in [0.1, 0.15) is 40.5 Å². The van der Waals surface area contributed by atoms with Gasteiger partial charge in [-0.15, -0.1) is 0 Å². The summed E-state index contributed by atoms with van der Waals surface area (Å²) in [6.45, 7) is 8.04. The Hall–Kier alpha value is -1.30. The minimum Gasteiger partial charge on any atom is -0.464 e. The number of carbonyl (C=O) groups is 2. The summed E-state index contributed by atoms with van der Waals surface area (Å²) in [7, 11) is 0. The van der Waals surface area contributed by atoms with Gasteiger partial charge in [0.25, 0.3) is 0 Å². The number of amides is 1. The van der Waals surface area contributed by atoms with Gasteiger partial charge in [0.05, 0.1) is 19.3 Å². The van der Waals surface area contributed by atoms with E-state index >= 15 is 0 Å². The van der Waals surface area contributed by atoms with Gasteiger partial charge < -0.3 is 19.5 Å². The van der Waals surface area contributed by atoms with Gasteiger partial charge in [0, 0.05) is 0 Å². The van der Waals surface area contributed by atoms with E-state index in [4.69, 9.17) is 14.2 Å². The summed E-state index contributed by atoms with van der Waals surface area (Å²) in [6, 6.07) is -0.681. The second-order valence-corrected chi connectivity index (χ2v) is 5.48. The van der Waals surface area contributed by atoms with Gasteiger partial charge in [-0.05, 0) is 40.5 Å². The number of hydrogen-bond acceptors (Lipinski definition) is 5. The van der Waals surface area contributed by atoms with Crippen molar-refractivity contribution in [2.75, 3.05) is 13.2 Å².